The highest BCUT2D eigenvalue weighted by molar-refractivity contribution is 7.79. The summed E-state index contributed by atoms with van der Waals surface area (Å²) in [4.78, 5) is 14.8. The Morgan fingerprint density at radius 2 is 1.69 bits per heavy atom. The molecule has 0 spiro atoms. The summed E-state index contributed by atoms with van der Waals surface area (Å²) in [7, 11) is -2.50. The predicted octanol–water partition coefficient (Wildman–Crippen LogP) is 1.28. The fourth-order valence-electron chi connectivity index (χ4n) is 3.71. The van der Waals surface area contributed by atoms with Crippen molar-refractivity contribution < 1.29 is 32.2 Å². The second-order valence-corrected chi connectivity index (χ2v) is 7.57. The van der Waals surface area contributed by atoms with E-state index in [-0.39, 0.29) is 18.7 Å². The number of piperidine rings is 1. The van der Waals surface area contributed by atoms with Gasteiger partial charge in [0.25, 0.3) is 0 Å². The van der Waals surface area contributed by atoms with Crippen LogP contribution in [0.15, 0.2) is 30.3 Å². The molecule has 0 amide bonds. The summed E-state index contributed by atoms with van der Waals surface area (Å²) < 4.78 is 37.3. The largest absolute Gasteiger partial charge is 0.462 e. The average Bonchev–Trinajstić information content (AvgIpc) is 2.77. The SMILES string of the molecule is CN1[C@@H]2CC[C@H]1C[C@@H](OC(=O)[C@H](CO)c1ccccc1)C2.O=S(=O)(O)O. The molecule has 2 heterocycles. The quantitative estimate of drug-likeness (QED) is 0.521. The Morgan fingerprint density at radius 3 is 2.15 bits per heavy atom. The Morgan fingerprint density at radius 1 is 1.19 bits per heavy atom. The van der Waals surface area contributed by atoms with Gasteiger partial charge in [0.1, 0.15) is 12.0 Å². The Hall–Kier alpha value is -1.52. The maximum absolute atomic E-state index is 12.4. The van der Waals surface area contributed by atoms with Crippen molar-refractivity contribution in [2.45, 2.75) is 49.8 Å². The number of ether oxygens (including phenoxy) is 1. The molecule has 3 N–H and O–H groups in total. The van der Waals surface area contributed by atoms with Gasteiger partial charge >= 0.3 is 16.4 Å². The summed E-state index contributed by atoms with van der Waals surface area (Å²) in [5, 5.41) is 9.53. The maximum atomic E-state index is 12.4. The maximum Gasteiger partial charge on any atom is 0.394 e. The van der Waals surface area contributed by atoms with E-state index in [1.54, 1.807) is 0 Å². The van der Waals surface area contributed by atoms with Crippen LogP contribution in [0.5, 0.6) is 0 Å². The summed E-state index contributed by atoms with van der Waals surface area (Å²) in [6, 6.07) is 10.5. The van der Waals surface area contributed by atoms with Crippen LogP contribution in [0.4, 0.5) is 0 Å². The zero-order chi connectivity index (χ0) is 19.3. The molecule has 0 unspecified atom stereocenters. The number of rotatable bonds is 4. The first-order valence-electron chi connectivity index (χ1n) is 8.47. The van der Waals surface area contributed by atoms with E-state index in [9.17, 15) is 9.90 Å². The number of carbonyl (C=O) groups is 1. The number of hydrogen-bond donors (Lipinski definition) is 3. The number of hydrogen-bond acceptors (Lipinski definition) is 6. The van der Waals surface area contributed by atoms with Crippen molar-refractivity contribution in [2.75, 3.05) is 13.7 Å². The van der Waals surface area contributed by atoms with Gasteiger partial charge in [-0.2, -0.15) is 8.42 Å². The van der Waals surface area contributed by atoms with Gasteiger partial charge in [-0.1, -0.05) is 30.3 Å². The molecule has 146 valence electrons. The summed E-state index contributed by atoms with van der Waals surface area (Å²) in [6.07, 6.45) is 4.26. The third-order valence-corrected chi connectivity index (χ3v) is 5.01. The van der Waals surface area contributed by atoms with Crippen molar-refractivity contribution in [3.63, 3.8) is 0 Å². The van der Waals surface area contributed by atoms with Crippen LogP contribution in [-0.2, 0) is 19.9 Å². The normalized spacial score (nSPS) is 26.5. The van der Waals surface area contributed by atoms with Gasteiger partial charge in [-0.3, -0.25) is 13.9 Å². The molecule has 2 aliphatic heterocycles. The molecule has 8 nitrogen and oxygen atoms in total. The molecule has 0 aromatic heterocycles. The second-order valence-electron chi connectivity index (χ2n) is 6.67. The van der Waals surface area contributed by atoms with Crippen LogP contribution in [0.3, 0.4) is 0 Å². The first-order valence-corrected chi connectivity index (χ1v) is 9.87. The lowest BCUT2D eigenvalue weighted by atomic mass is 9.98. The average molecular weight is 387 g/mol. The van der Waals surface area contributed by atoms with Gasteiger partial charge in [0.2, 0.25) is 0 Å². The van der Waals surface area contributed by atoms with Crippen LogP contribution in [0, 0.1) is 0 Å². The molecule has 9 heteroatoms. The van der Waals surface area contributed by atoms with E-state index in [4.69, 9.17) is 22.3 Å². The Balaban J connectivity index is 0.000000431. The van der Waals surface area contributed by atoms with Crippen LogP contribution in [-0.4, -0.2) is 65.3 Å². The molecule has 26 heavy (non-hydrogen) atoms. The molecule has 4 atom stereocenters. The number of nitrogens with zero attached hydrogens (tertiary/aromatic N) is 1. The second kappa shape index (κ2) is 8.92. The zero-order valence-electron chi connectivity index (χ0n) is 14.6. The predicted molar refractivity (Wildman–Crippen MR) is 94.1 cm³/mol. The van der Waals surface area contributed by atoms with Crippen molar-refractivity contribution in [1.29, 1.82) is 0 Å². The molecule has 1 aromatic rings. The van der Waals surface area contributed by atoms with Crippen molar-refractivity contribution in [3.05, 3.63) is 35.9 Å². The Bertz CT molecular complexity index is 672. The van der Waals surface area contributed by atoms with E-state index in [0.29, 0.717) is 12.1 Å². The summed E-state index contributed by atoms with van der Waals surface area (Å²) in [5.74, 6) is -0.860. The van der Waals surface area contributed by atoms with Gasteiger partial charge in [0, 0.05) is 12.1 Å². The topological polar surface area (TPSA) is 124 Å². The number of benzene rings is 1. The lowest BCUT2D eigenvalue weighted by Gasteiger charge is -2.36. The van der Waals surface area contributed by atoms with Gasteiger partial charge < -0.3 is 14.7 Å². The van der Waals surface area contributed by atoms with Gasteiger partial charge in [-0.05, 0) is 38.3 Å². The molecular weight excluding hydrogens is 362 g/mol. The highest BCUT2D eigenvalue weighted by Crippen LogP contribution is 2.36. The number of fused-ring (bicyclic) bond motifs is 2. The molecule has 2 aliphatic rings. The molecule has 2 fully saturated rings. The molecule has 2 bridgehead atoms. The van der Waals surface area contributed by atoms with E-state index in [2.05, 4.69) is 11.9 Å². The van der Waals surface area contributed by atoms with E-state index in [0.717, 1.165) is 18.4 Å². The van der Waals surface area contributed by atoms with E-state index in [1.807, 2.05) is 30.3 Å². The molecule has 0 radical (unpaired) electrons. The van der Waals surface area contributed by atoms with Crippen LogP contribution >= 0.6 is 0 Å². The highest BCUT2D eigenvalue weighted by Gasteiger charge is 2.40. The Labute approximate surface area is 153 Å². The molecular formula is C17H25NO7S. The summed E-state index contributed by atoms with van der Waals surface area (Å²) in [5.41, 5.74) is 0.820. The van der Waals surface area contributed by atoms with E-state index in [1.165, 1.54) is 12.8 Å². The fraction of sp³-hybridized carbons (Fsp3) is 0.588. The monoisotopic (exact) mass is 387 g/mol. The van der Waals surface area contributed by atoms with Crippen LogP contribution in [0.2, 0.25) is 0 Å². The standard InChI is InChI=1S/C17H23NO3.H2O4S/c1-18-13-7-8-14(18)10-15(9-13)21-17(20)16(11-19)12-5-3-2-4-6-12;1-5(2,3)4/h2-6,13-16,19H,7-11H2,1H3;(H2,1,2,3,4)/t13-,14+,15+,16-;/m1./s1. The van der Waals surface area contributed by atoms with Crippen LogP contribution < -0.4 is 0 Å². The molecule has 3 rings (SSSR count). The Kier molecular flexibility index (Phi) is 7.13. The minimum atomic E-state index is -4.67. The van der Waals surface area contributed by atoms with Crippen molar-refractivity contribution >= 4 is 16.4 Å². The lowest BCUT2D eigenvalue weighted by Crippen LogP contribution is -2.43. The van der Waals surface area contributed by atoms with Crippen LogP contribution in [0.1, 0.15) is 37.2 Å². The van der Waals surface area contributed by atoms with Gasteiger partial charge in [-0.25, -0.2) is 0 Å². The molecule has 0 saturated carbocycles. The first kappa shape index (κ1) is 20.8. The number of esters is 1. The number of aliphatic hydroxyl groups excluding tert-OH is 1. The van der Waals surface area contributed by atoms with E-state index < -0.39 is 16.3 Å². The van der Waals surface area contributed by atoms with Gasteiger partial charge in [0.15, 0.2) is 0 Å². The third-order valence-electron chi connectivity index (χ3n) is 5.01. The van der Waals surface area contributed by atoms with Gasteiger partial charge in [-0.15, -0.1) is 0 Å². The third kappa shape index (κ3) is 6.03. The minimum absolute atomic E-state index is 0.00367. The molecule has 0 aliphatic carbocycles. The number of carbonyl (C=O) groups excluding carboxylic acids is 1. The highest BCUT2D eigenvalue weighted by atomic mass is 32.3. The van der Waals surface area contributed by atoms with Crippen molar-refractivity contribution in [1.82, 2.24) is 4.90 Å². The van der Waals surface area contributed by atoms with Crippen molar-refractivity contribution in [2.24, 2.45) is 0 Å². The summed E-state index contributed by atoms with van der Waals surface area (Å²) >= 11 is 0. The van der Waals surface area contributed by atoms with Crippen LogP contribution in [0.25, 0.3) is 0 Å². The molecule has 2 saturated heterocycles. The first-order chi connectivity index (χ1) is 12.2. The lowest BCUT2D eigenvalue weighted by molar-refractivity contribution is -0.155. The van der Waals surface area contributed by atoms with E-state index >= 15 is 0 Å². The smallest absolute Gasteiger partial charge is 0.394 e. The van der Waals surface area contributed by atoms with Gasteiger partial charge in [0.05, 0.1) is 6.61 Å². The minimum Gasteiger partial charge on any atom is -0.462 e. The summed E-state index contributed by atoms with van der Waals surface area (Å²) in [6.45, 7) is -0.206. The fourth-order valence-corrected chi connectivity index (χ4v) is 3.71. The van der Waals surface area contributed by atoms with Crippen molar-refractivity contribution in [3.8, 4) is 0 Å². The zero-order valence-corrected chi connectivity index (χ0v) is 15.4. The number of aliphatic hydroxyl groups is 1. The molecule has 1 aromatic carbocycles.